The quantitative estimate of drug-likeness (QED) is 0.457. The molecule has 2 aromatic carbocycles. The summed E-state index contributed by atoms with van der Waals surface area (Å²) in [6.45, 7) is 2.48. The first-order valence-electron chi connectivity index (χ1n) is 13.0. The Morgan fingerprint density at radius 2 is 1.58 bits per heavy atom. The van der Waals surface area contributed by atoms with Gasteiger partial charge in [0.25, 0.3) is 0 Å². The summed E-state index contributed by atoms with van der Waals surface area (Å²) in [4.78, 5) is 28.6. The average Bonchev–Trinajstić information content (AvgIpc) is 2.90. The van der Waals surface area contributed by atoms with Gasteiger partial charge in [-0.25, -0.2) is 12.7 Å². The molecule has 0 radical (unpaired) electrons. The second kappa shape index (κ2) is 13.6. The smallest absolute Gasteiger partial charge is 0.243 e. The van der Waals surface area contributed by atoms with Crippen LogP contribution in [0.5, 0.6) is 0 Å². The summed E-state index contributed by atoms with van der Waals surface area (Å²) in [6, 6.07) is 17.6. The van der Waals surface area contributed by atoms with Gasteiger partial charge in [-0.3, -0.25) is 9.59 Å². The van der Waals surface area contributed by atoms with Crippen LogP contribution in [0.4, 0.5) is 0 Å². The van der Waals surface area contributed by atoms with Crippen LogP contribution >= 0.6 is 0 Å². The molecule has 7 nitrogen and oxygen atoms in total. The minimum Gasteiger partial charge on any atom is -0.352 e. The summed E-state index contributed by atoms with van der Waals surface area (Å²) >= 11 is 0. The summed E-state index contributed by atoms with van der Waals surface area (Å²) in [5, 5.41) is 3.18. The van der Waals surface area contributed by atoms with Crippen LogP contribution in [0.3, 0.4) is 0 Å². The van der Waals surface area contributed by atoms with Crippen molar-refractivity contribution in [3.63, 3.8) is 0 Å². The molecular weight excluding hydrogens is 474 g/mol. The molecule has 0 aromatic heterocycles. The molecule has 8 heteroatoms. The van der Waals surface area contributed by atoms with Crippen molar-refractivity contribution in [2.45, 2.75) is 81.8 Å². The number of hydrogen-bond acceptors (Lipinski definition) is 4. The predicted molar refractivity (Wildman–Crippen MR) is 142 cm³/mol. The number of sulfonamides is 1. The highest BCUT2D eigenvalue weighted by atomic mass is 32.2. The highest BCUT2D eigenvalue weighted by Crippen LogP contribution is 2.20. The lowest BCUT2D eigenvalue weighted by molar-refractivity contribution is -0.141. The minimum atomic E-state index is -3.61. The van der Waals surface area contributed by atoms with Crippen LogP contribution in [0.2, 0.25) is 0 Å². The van der Waals surface area contributed by atoms with Crippen LogP contribution in [0, 0.1) is 0 Å². The van der Waals surface area contributed by atoms with E-state index in [2.05, 4.69) is 5.32 Å². The summed E-state index contributed by atoms with van der Waals surface area (Å²) in [7, 11) is -2.08. The monoisotopic (exact) mass is 513 g/mol. The van der Waals surface area contributed by atoms with Crippen LogP contribution in [0.25, 0.3) is 0 Å². The Labute approximate surface area is 215 Å². The fourth-order valence-electron chi connectivity index (χ4n) is 4.73. The van der Waals surface area contributed by atoms with E-state index >= 15 is 0 Å². The molecule has 196 valence electrons. The fraction of sp³-hybridized carbons (Fsp3) is 0.500. The van der Waals surface area contributed by atoms with Crippen molar-refractivity contribution < 1.29 is 18.0 Å². The van der Waals surface area contributed by atoms with Gasteiger partial charge >= 0.3 is 0 Å². The Bertz CT molecular complexity index is 1070. The first-order valence-corrected chi connectivity index (χ1v) is 14.4. The van der Waals surface area contributed by atoms with E-state index in [0.29, 0.717) is 19.4 Å². The number of rotatable bonds is 12. The second-order valence-electron chi connectivity index (χ2n) is 9.52. The maximum absolute atomic E-state index is 13.4. The average molecular weight is 514 g/mol. The van der Waals surface area contributed by atoms with Crippen LogP contribution in [0.15, 0.2) is 65.6 Å². The van der Waals surface area contributed by atoms with E-state index in [0.717, 1.165) is 31.2 Å². The highest BCUT2D eigenvalue weighted by molar-refractivity contribution is 7.89. The van der Waals surface area contributed by atoms with Gasteiger partial charge in [-0.15, -0.1) is 0 Å². The molecule has 1 N–H and O–H groups in total. The van der Waals surface area contributed by atoms with Crippen molar-refractivity contribution >= 4 is 21.8 Å². The van der Waals surface area contributed by atoms with Crippen molar-refractivity contribution in [2.24, 2.45) is 0 Å². The van der Waals surface area contributed by atoms with Gasteiger partial charge in [0.2, 0.25) is 21.8 Å². The molecule has 0 unspecified atom stereocenters. The van der Waals surface area contributed by atoms with E-state index in [9.17, 15) is 18.0 Å². The number of amides is 2. The Morgan fingerprint density at radius 3 is 2.19 bits per heavy atom. The van der Waals surface area contributed by atoms with Gasteiger partial charge in [0, 0.05) is 32.6 Å². The van der Waals surface area contributed by atoms with Gasteiger partial charge in [0.15, 0.2) is 0 Å². The van der Waals surface area contributed by atoms with E-state index in [1.54, 1.807) is 35.2 Å². The summed E-state index contributed by atoms with van der Waals surface area (Å²) in [6.07, 6.45) is 6.45. The van der Waals surface area contributed by atoms with E-state index in [4.69, 9.17) is 0 Å². The molecule has 0 aliphatic heterocycles. The van der Waals surface area contributed by atoms with E-state index in [1.165, 1.54) is 17.8 Å². The molecule has 1 atom stereocenters. The first-order chi connectivity index (χ1) is 17.3. The molecule has 3 rings (SSSR count). The number of benzene rings is 2. The molecule has 1 aliphatic rings. The fourth-order valence-corrected chi connectivity index (χ4v) is 5.96. The van der Waals surface area contributed by atoms with Crippen molar-refractivity contribution in [1.82, 2.24) is 14.5 Å². The third kappa shape index (κ3) is 7.64. The van der Waals surface area contributed by atoms with Crippen molar-refractivity contribution in [1.29, 1.82) is 0 Å². The predicted octanol–water partition coefficient (Wildman–Crippen LogP) is 4.34. The lowest BCUT2D eigenvalue weighted by Gasteiger charge is -2.33. The lowest BCUT2D eigenvalue weighted by Crippen LogP contribution is -2.51. The van der Waals surface area contributed by atoms with E-state index < -0.39 is 16.1 Å². The molecule has 1 aliphatic carbocycles. The minimum absolute atomic E-state index is 0.0996. The van der Waals surface area contributed by atoms with Gasteiger partial charge in [0.1, 0.15) is 6.04 Å². The molecule has 0 saturated heterocycles. The molecular formula is C28H39N3O4S. The van der Waals surface area contributed by atoms with Crippen molar-refractivity contribution in [3.8, 4) is 0 Å². The molecule has 0 bridgehead atoms. The maximum Gasteiger partial charge on any atom is 0.243 e. The highest BCUT2D eigenvalue weighted by Gasteiger charge is 2.30. The number of carbonyl (C=O) groups is 2. The Balaban J connectivity index is 1.67. The zero-order valence-electron chi connectivity index (χ0n) is 21.4. The topological polar surface area (TPSA) is 86.8 Å². The standard InChI is InChI=1S/C28H39N3O4S/c1-3-26(28(33)29-24-16-9-5-10-17-24)31(22-23-14-7-4-8-15-23)27(32)20-13-21-30(2)36(34,35)25-18-11-6-12-19-25/h4,6-8,11-12,14-15,18-19,24,26H,3,5,9-10,13,16-17,20-22H2,1-2H3,(H,29,33)/t26-/m1/s1. The number of hydrogen-bond donors (Lipinski definition) is 1. The van der Waals surface area contributed by atoms with Gasteiger partial charge in [-0.2, -0.15) is 0 Å². The van der Waals surface area contributed by atoms with Crippen molar-refractivity contribution in [2.75, 3.05) is 13.6 Å². The normalized spacial score (nSPS) is 15.4. The lowest BCUT2D eigenvalue weighted by atomic mass is 9.95. The number of carbonyl (C=O) groups excluding carboxylic acids is 2. The molecule has 0 spiro atoms. The third-order valence-corrected chi connectivity index (χ3v) is 8.72. The SMILES string of the molecule is CC[C@H](C(=O)NC1CCCCC1)N(Cc1ccccc1)C(=O)CCCN(C)S(=O)(=O)c1ccccc1. The molecule has 1 fully saturated rings. The zero-order valence-corrected chi connectivity index (χ0v) is 22.3. The van der Waals surface area contributed by atoms with E-state index in [1.807, 2.05) is 37.3 Å². The molecule has 2 amide bonds. The van der Waals surface area contributed by atoms with E-state index in [-0.39, 0.29) is 35.7 Å². The maximum atomic E-state index is 13.4. The van der Waals surface area contributed by atoms with Gasteiger partial charge in [-0.05, 0) is 43.4 Å². The molecule has 2 aromatic rings. The number of nitrogens with zero attached hydrogens (tertiary/aromatic N) is 2. The third-order valence-electron chi connectivity index (χ3n) is 6.85. The van der Waals surface area contributed by atoms with Crippen LogP contribution in [0.1, 0.15) is 63.9 Å². The summed E-state index contributed by atoms with van der Waals surface area (Å²) in [5.41, 5.74) is 0.957. The molecule has 36 heavy (non-hydrogen) atoms. The number of nitrogens with one attached hydrogen (secondary N) is 1. The summed E-state index contributed by atoms with van der Waals surface area (Å²) in [5.74, 6) is -0.243. The van der Waals surface area contributed by atoms with Crippen LogP contribution in [-0.4, -0.2) is 55.1 Å². The van der Waals surface area contributed by atoms with Crippen LogP contribution < -0.4 is 5.32 Å². The van der Waals surface area contributed by atoms with Gasteiger partial charge < -0.3 is 10.2 Å². The Kier molecular flexibility index (Phi) is 10.5. The van der Waals surface area contributed by atoms with Crippen LogP contribution in [-0.2, 0) is 26.2 Å². The summed E-state index contributed by atoms with van der Waals surface area (Å²) < 4.78 is 26.9. The van der Waals surface area contributed by atoms with Crippen molar-refractivity contribution in [3.05, 3.63) is 66.2 Å². The van der Waals surface area contributed by atoms with Gasteiger partial charge in [0.05, 0.1) is 4.90 Å². The Hall–Kier alpha value is -2.71. The largest absolute Gasteiger partial charge is 0.352 e. The second-order valence-corrected chi connectivity index (χ2v) is 11.6. The molecule has 0 heterocycles. The first kappa shape index (κ1) is 27.9. The molecule has 1 saturated carbocycles. The van der Waals surface area contributed by atoms with Gasteiger partial charge in [-0.1, -0.05) is 74.7 Å². The zero-order chi connectivity index (χ0) is 26.0. The Morgan fingerprint density at radius 1 is 0.972 bits per heavy atom.